The van der Waals surface area contributed by atoms with Gasteiger partial charge in [-0.3, -0.25) is 4.79 Å². The topological polar surface area (TPSA) is 55.1 Å². The standard InChI is InChI=1S/C11H12ClFN2O/c12-7-2-3-9(8(13)6-7)15-10(16)11(14)4-1-5-11/h2-3,6H,1,4-5,14H2,(H,15,16). The normalized spacial score (nSPS) is 17.7. The number of carbonyl (C=O) groups excluding carboxylic acids is 1. The fourth-order valence-electron chi connectivity index (χ4n) is 1.62. The first-order chi connectivity index (χ1) is 7.51. The molecule has 1 aromatic rings. The van der Waals surface area contributed by atoms with Crippen molar-refractivity contribution in [3.63, 3.8) is 0 Å². The molecule has 1 amide bonds. The Balaban J connectivity index is 2.12. The monoisotopic (exact) mass is 242 g/mol. The molecule has 0 heterocycles. The molecule has 1 aliphatic carbocycles. The number of nitrogens with one attached hydrogen (secondary N) is 1. The van der Waals surface area contributed by atoms with Gasteiger partial charge in [0.2, 0.25) is 5.91 Å². The second kappa shape index (κ2) is 4.03. The molecular weight excluding hydrogens is 231 g/mol. The summed E-state index contributed by atoms with van der Waals surface area (Å²) in [6, 6.07) is 4.10. The second-order valence-corrected chi connectivity index (χ2v) is 4.52. The largest absolute Gasteiger partial charge is 0.322 e. The number of amides is 1. The van der Waals surface area contributed by atoms with E-state index in [1.807, 2.05) is 0 Å². The highest BCUT2D eigenvalue weighted by atomic mass is 35.5. The number of carbonyl (C=O) groups is 1. The Bertz CT molecular complexity index is 432. The second-order valence-electron chi connectivity index (χ2n) is 4.09. The Morgan fingerprint density at radius 3 is 2.69 bits per heavy atom. The van der Waals surface area contributed by atoms with E-state index >= 15 is 0 Å². The lowest BCUT2D eigenvalue weighted by molar-refractivity contribution is -0.123. The summed E-state index contributed by atoms with van der Waals surface area (Å²) in [6.45, 7) is 0. The van der Waals surface area contributed by atoms with Crippen molar-refractivity contribution in [1.82, 2.24) is 0 Å². The highest BCUT2D eigenvalue weighted by Crippen LogP contribution is 2.30. The summed E-state index contributed by atoms with van der Waals surface area (Å²) in [6.07, 6.45) is 2.23. The molecule has 0 aromatic heterocycles. The van der Waals surface area contributed by atoms with Crippen LogP contribution in [0.3, 0.4) is 0 Å². The summed E-state index contributed by atoms with van der Waals surface area (Å²) in [7, 11) is 0. The Kier molecular flexibility index (Phi) is 2.86. The number of nitrogens with two attached hydrogens (primary N) is 1. The van der Waals surface area contributed by atoms with Gasteiger partial charge in [-0.05, 0) is 37.5 Å². The smallest absolute Gasteiger partial charge is 0.244 e. The fraction of sp³-hybridized carbons (Fsp3) is 0.364. The van der Waals surface area contributed by atoms with E-state index in [1.165, 1.54) is 12.1 Å². The minimum absolute atomic E-state index is 0.117. The van der Waals surface area contributed by atoms with Crippen LogP contribution in [-0.4, -0.2) is 11.4 Å². The van der Waals surface area contributed by atoms with Crippen molar-refractivity contribution in [2.24, 2.45) is 5.73 Å². The molecule has 3 N–H and O–H groups in total. The summed E-state index contributed by atoms with van der Waals surface area (Å²) < 4.78 is 13.4. The highest BCUT2D eigenvalue weighted by Gasteiger charge is 2.40. The summed E-state index contributed by atoms with van der Waals surface area (Å²) in [4.78, 5) is 11.7. The maximum Gasteiger partial charge on any atom is 0.244 e. The van der Waals surface area contributed by atoms with Gasteiger partial charge in [-0.2, -0.15) is 0 Å². The van der Waals surface area contributed by atoms with Crippen molar-refractivity contribution >= 4 is 23.2 Å². The number of benzene rings is 1. The van der Waals surface area contributed by atoms with Gasteiger partial charge in [0.15, 0.2) is 0 Å². The molecule has 5 heteroatoms. The third kappa shape index (κ3) is 2.03. The van der Waals surface area contributed by atoms with Crippen LogP contribution in [0.5, 0.6) is 0 Å². The predicted octanol–water partition coefficient (Wildman–Crippen LogP) is 2.30. The average Bonchev–Trinajstić information content (AvgIpc) is 2.18. The molecule has 1 saturated carbocycles. The van der Waals surface area contributed by atoms with E-state index < -0.39 is 11.4 Å². The van der Waals surface area contributed by atoms with Gasteiger partial charge in [0.05, 0.1) is 11.2 Å². The third-order valence-electron chi connectivity index (χ3n) is 2.88. The molecule has 0 atom stereocenters. The molecule has 1 fully saturated rings. The van der Waals surface area contributed by atoms with Crippen molar-refractivity contribution in [2.45, 2.75) is 24.8 Å². The van der Waals surface area contributed by atoms with E-state index in [1.54, 1.807) is 0 Å². The third-order valence-corrected chi connectivity index (χ3v) is 3.11. The maximum atomic E-state index is 13.4. The Hall–Kier alpha value is -1.13. The summed E-state index contributed by atoms with van der Waals surface area (Å²) in [5.41, 5.74) is 5.10. The number of hydrogen-bond donors (Lipinski definition) is 2. The lowest BCUT2D eigenvalue weighted by Gasteiger charge is -2.36. The zero-order valence-corrected chi connectivity index (χ0v) is 9.35. The Morgan fingerprint density at radius 1 is 1.50 bits per heavy atom. The molecule has 0 saturated heterocycles. The minimum Gasteiger partial charge on any atom is -0.322 e. The Morgan fingerprint density at radius 2 is 2.19 bits per heavy atom. The van der Waals surface area contributed by atoms with Crippen LogP contribution in [-0.2, 0) is 4.79 Å². The molecular formula is C11H12ClFN2O. The fourth-order valence-corrected chi connectivity index (χ4v) is 1.78. The van der Waals surface area contributed by atoms with Crippen molar-refractivity contribution in [3.05, 3.63) is 29.0 Å². The van der Waals surface area contributed by atoms with E-state index in [9.17, 15) is 9.18 Å². The first kappa shape index (κ1) is 11.4. The first-order valence-electron chi connectivity index (χ1n) is 5.07. The lowest BCUT2D eigenvalue weighted by Crippen LogP contribution is -2.56. The predicted molar refractivity (Wildman–Crippen MR) is 60.8 cm³/mol. The molecule has 86 valence electrons. The summed E-state index contributed by atoms with van der Waals surface area (Å²) in [5, 5.41) is 2.78. The van der Waals surface area contributed by atoms with Crippen molar-refractivity contribution in [2.75, 3.05) is 5.32 Å². The van der Waals surface area contributed by atoms with E-state index in [0.717, 1.165) is 12.5 Å². The lowest BCUT2D eigenvalue weighted by atomic mass is 9.77. The molecule has 16 heavy (non-hydrogen) atoms. The maximum absolute atomic E-state index is 13.4. The van der Waals surface area contributed by atoms with Gasteiger partial charge in [-0.25, -0.2) is 4.39 Å². The van der Waals surface area contributed by atoms with Crippen LogP contribution in [0.25, 0.3) is 0 Å². The van der Waals surface area contributed by atoms with E-state index in [0.29, 0.717) is 17.9 Å². The van der Waals surface area contributed by atoms with Gasteiger partial charge in [-0.1, -0.05) is 11.6 Å². The zero-order valence-electron chi connectivity index (χ0n) is 8.59. The van der Waals surface area contributed by atoms with Crippen molar-refractivity contribution < 1.29 is 9.18 Å². The van der Waals surface area contributed by atoms with E-state index in [4.69, 9.17) is 17.3 Å². The van der Waals surface area contributed by atoms with Gasteiger partial charge in [-0.15, -0.1) is 0 Å². The molecule has 0 radical (unpaired) electrons. The van der Waals surface area contributed by atoms with Gasteiger partial charge < -0.3 is 11.1 Å². The molecule has 0 unspecified atom stereocenters. The molecule has 0 aliphatic heterocycles. The first-order valence-corrected chi connectivity index (χ1v) is 5.44. The van der Waals surface area contributed by atoms with Crippen LogP contribution in [0.15, 0.2) is 18.2 Å². The summed E-state index contributed by atoms with van der Waals surface area (Å²) >= 11 is 5.60. The average molecular weight is 243 g/mol. The van der Waals surface area contributed by atoms with E-state index in [-0.39, 0.29) is 11.6 Å². The van der Waals surface area contributed by atoms with Gasteiger partial charge >= 0.3 is 0 Å². The number of anilines is 1. The molecule has 3 nitrogen and oxygen atoms in total. The number of halogens is 2. The zero-order chi connectivity index (χ0) is 11.8. The minimum atomic E-state index is -0.827. The molecule has 2 rings (SSSR count). The molecule has 0 spiro atoms. The van der Waals surface area contributed by atoms with Crippen LogP contribution in [0.4, 0.5) is 10.1 Å². The molecule has 1 aromatic carbocycles. The SMILES string of the molecule is NC1(C(=O)Nc2ccc(Cl)cc2F)CCC1. The number of rotatable bonds is 2. The van der Waals surface area contributed by atoms with Gasteiger partial charge in [0.1, 0.15) is 5.82 Å². The Labute approximate surface area is 97.8 Å². The van der Waals surface area contributed by atoms with Crippen LogP contribution >= 0.6 is 11.6 Å². The van der Waals surface area contributed by atoms with Crippen LogP contribution in [0.1, 0.15) is 19.3 Å². The molecule has 0 bridgehead atoms. The van der Waals surface area contributed by atoms with Crippen molar-refractivity contribution in [3.8, 4) is 0 Å². The quantitative estimate of drug-likeness (QED) is 0.836. The van der Waals surface area contributed by atoms with Gasteiger partial charge in [0, 0.05) is 5.02 Å². The van der Waals surface area contributed by atoms with E-state index in [2.05, 4.69) is 5.32 Å². The van der Waals surface area contributed by atoms with Gasteiger partial charge in [0.25, 0.3) is 0 Å². The number of hydrogen-bond acceptors (Lipinski definition) is 2. The highest BCUT2D eigenvalue weighted by molar-refractivity contribution is 6.30. The molecule has 1 aliphatic rings. The van der Waals surface area contributed by atoms with Crippen molar-refractivity contribution in [1.29, 1.82) is 0 Å². The van der Waals surface area contributed by atoms with Crippen LogP contribution in [0, 0.1) is 5.82 Å². The van der Waals surface area contributed by atoms with Crippen LogP contribution in [0.2, 0.25) is 5.02 Å². The summed E-state index contributed by atoms with van der Waals surface area (Å²) in [5.74, 6) is -0.885. The van der Waals surface area contributed by atoms with Crippen LogP contribution < -0.4 is 11.1 Å².